The van der Waals surface area contributed by atoms with E-state index in [1.54, 1.807) is 0 Å². The van der Waals surface area contributed by atoms with Gasteiger partial charge in [0.1, 0.15) is 17.6 Å². The first-order valence-corrected chi connectivity index (χ1v) is 9.75. The molecule has 1 heterocycles. The van der Waals surface area contributed by atoms with E-state index in [9.17, 15) is 26.4 Å². The predicted octanol–water partition coefficient (Wildman–Crippen LogP) is 1.65. The van der Waals surface area contributed by atoms with Gasteiger partial charge in [-0.25, -0.2) is 8.42 Å². The van der Waals surface area contributed by atoms with Gasteiger partial charge in [0.05, 0.1) is 18.4 Å². The summed E-state index contributed by atoms with van der Waals surface area (Å²) in [5, 5.41) is 3.09. The van der Waals surface area contributed by atoms with Crippen LogP contribution in [0.25, 0.3) is 0 Å². The lowest BCUT2D eigenvalue weighted by Gasteiger charge is -2.24. The summed E-state index contributed by atoms with van der Waals surface area (Å²) in [5.74, 6) is -2.05. The average Bonchev–Trinajstić information content (AvgIpc) is 3.07. The van der Waals surface area contributed by atoms with E-state index >= 15 is 0 Å². The summed E-state index contributed by atoms with van der Waals surface area (Å²) in [6.07, 6.45) is -4.58. The quantitative estimate of drug-likeness (QED) is 0.707. The van der Waals surface area contributed by atoms with Crippen LogP contribution in [0, 0.1) is 5.92 Å². The Kier molecular flexibility index (Phi) is 6.51. The third kappa shape index (κ3) is 5.87. The van der Waals surface area contributed by atoms with Crippen LogP contribution in [-0.4, -0.2) is 52.2 Å². The Morgan fingerprint density at radius 3 is 2.46 bits per heavy atom. The first-order chi connectivity index (χ1) is 12.1. The normalized spacial score (nSPS) is 19.2. The molecule has 0 aromatic heterocycles. The molecule has 0 unspecified atom stereocenters. The zero-order valence-corrected chi connectivity index (χ0v) is 14.9. The minimum absolute atomic E-state index is 0.135. The van der Waals surface area contributed by atoms with Crippen molar-refractivity contribution in [3.63, 3.8) is 0 Å². The summed E-state index contributed by atoms with van der Waals surface area (Å²) in [6.45, 7) is 1.22. The second kappa shape index (κ2) is 8.26. The molecule has 10 heteroatoms. The van der Waals surface area contributed by atoms with Gasteiger partial charge in [0.15, 0.2) is 9.84 Å². The summed E-state index contributed by atoms with van der Waals surface area (Å²) >= 11 is 0. The average molecular weight is 395 g/mol. The van der Waals surface area contributed by atoms with E-state index in [0.717, 1.165) is 31.4 Å². The van der Waals surface area contributed by atoms with Crippen molar-refractivity contribution in [2.75, 3.05) is 31.7 Å². The van der Waals surface area contributed by atoms with Gasteiger partial charge in [-0.05, 0) is 37.2 Å². The second-order valence-electron chi connectivity index (χ2n) is 6.06. The zero-order chi connectivity index (χ0) is 19.4. The molecule has 2 atom stereocenters. The Morgan fingerprint density at radius 2 is 1.96 bits per heavy atom. The van der Waals surface area contributed by atoms with E-state index in [1.165, 1.54) is 0 Å². The molecule has 0 radical (unpaired) electrons. The standard InChI is InChI=1S/C16H20F3NO5S/c1-24-15(21)10-26(22,23)9-14(11-6-7-20-8-11)25-13-4-2-12(3-5-13)16(17,18)19/h2-5,11,14,20H,6-10H2,1H3/t11-,14+/m0/s1. The van der Waals surface area contributed by atoms with Gasteiger partial charge in [-0.15, -0.1) is 0 Å². The lowest BCUT2D eigenvalue weighted by Crippen LogP contribution is -2.37. The number of nitrogens with one attached hydrogen (secondary N) is 1. The van der Waals surface area contributed by atoms with Crippen LogP contribution in [0.4, 0.5) is 13.2 Å². The van der Waals surface area contributed by atoms with Crippen molar-refractivity contribution in [3.8, 4) is 5.75 Å². The molecule has 146 valence electrons. The molecule has 1 N–H and O–H groups in total. The predicted molar refractivity (Wildman–Crippen MR) is 87.5 cm³/mol. The van der Waals surface area contributed by atoms with Gasteiger partial charge in [-0.1, -0.05) is 0 Å². The Labute approximate surface area is 149 Å². The number of carbonyl (C=O) groups excluding carboxylic acids is 1. The number of esters is 1. The van der Waals surface area contributed by atoms with Crippen molar-refractivity contribution in [2.45, 2.75) is 18.7 Å². The van der Waals surface area contributed by atoms with Crippen molar-refractivity contribution < 1.29 is 35.9 Å². The third-order valence-corrected chi connectivity index (χ3v) is 5.59. The number of halogens is 3. The van der Waals surface area contributed by atoms with Crippen molar-refractivity contribution >= 4 is 15.8 Å². The highest BCUT2D eigenvalue weighted by Gasteiger charge is 2.33. The fourth-order valence-corrected chi connectivity index (χ4v) is 4.14. The number of methoxy groups -OCH3 is 1. The molecule has 6 nitrogen and oxygen atoms in total. The van der Waals surface area contributed by atoms with Crippen molar-refractivity contribution in [1.82, 2.24) is 5.32 Å². The third-order valence-electron chi connectivity index (χ3n) is 4.08. The van der Waals surface area contributed by atoms with Crippen molar-refractivity contribution in [1.29, 1.82) is 0 Å². The molecule has 1 saturated heterocycles. The maximum absolute atomic E-state index is 12.6. The van der Waals surface area contributed by atoms with Crippen LogP contribution in [-0.2, 0) is 25.5 Å². The molecule has 0 aliphatic carbocycles. The molecular weight excluding hydrogens is 375 g/mol. The van der Waals surface area contributed by atoms with E-state index in [2.05, 4.69) is 10.1 Å². The maximum atomic E-state index is 12.6. The summed E-state index contributed by atoms with van der Waals surface area (Å²) in [7, 11) is -2.70. The zero-order valence-electron chi connectivity index (χ0n) is 14.1. The molecule has 1 aromatic rings. The van der Waals surface area contributed by atoms with Gasteiger partial charge in [-0.2, -0.15) is 13.2 Å². The minimum atomic E-state index is -4.46. The number of benzene rings is 1. The Balaban J connectivity index is 2.13. The van der Waals surface area contributed by atoms with Crippen molar-refractivity contribution in [3.05, 3.63) is 29.8 Å². The van der Waals surface area contributed by atoms with Gasteiger partial charge < -0.3 is 14.8 Å². The second-order valence-corrected chi connectivity index (χ2v) is 8.17. The van der Waals surface area contributed by atoms with Crippen LogP contribution in [0.3, 0.4) is 0 Å². The fourth-order valence-electron chi connectivity index (χ4n) is 2.71. The van der Waals surface area contributed by atoms with Crippen LogP contribution < -0.4 is 10.1 Å². The highest BCUT2D eigenvalue weighted by Crippen LogP contribution is 2.31. The maximum Gasteiger partial charge on any atom is 0.416 e. The molecule has 0 bridgehead atoms. The monoisotopic (exact) mass is 395 g/mol. The molecule has 1 aliphatic rings. The first kappa shape index (κ1) is 20.5. The number of hydrogen-bond acceptors (Lipinski definition) is 6. The molecule has 0 spiro atoms. The molecule has 1 aromatic carbocycles. The Bertz CT molecular complexity index is 712. The van der Waals surface area contributed by atoms with Crippen LogP contribution >= 0.6 is 0 Å². The molecule has 0 amide bonds. The number of sulfone groups is 1. The van der Waals surface area contributed by atoms with Gasteiger partial charge in [-0.3, -0.25) is 4.79 Å². The molecule has 2 rings (SSSR count). The molecule has 26 heavy (non-hydrogen) atoms. The largest absolute Gasteiger partial charge is 0.489 e. The van der Waals surface area contributed by atoms with E-state index < -0.39 is 45.2 Å². The van der Waals surface area contributed by atoms with Gasteiger partial charge in [0, 0.05) is 12.5 Å². The number of ether oxygens (including phenoxy) is 2. The number of rotatable bonds is 7. The SMILES string of the molecule is COC(=O)CS(=O)(=O)C[C@@H](Oc1ccc(C(F)(F)F)cc1)[C@H]1CCNC1. The van der Waals surface area contributed by atoms with Gasteiger partial charge in [0.2, 0.25) is 0 Å². The van der Waals surface area contributed by atoms with E-state index in [0.29, 0.717) is 19.5 Å². The first-order valence-electron chi connectivity index (χ1n) is 7.92. The van der Waals surface area contributed by atoms with E-state index in [-0.39, 0.29) is 11.7 Å². The number of carbonyl (C=O) groups is 1. The highest BCUT2D eigenvalue weighted by molar-refractivity contribution is 7.92. The molecule has 0 saturated carbocycles. The lowest BCUT2D eigenvalue weighted by atomic mass is 10.0. The van der Waals surface area contributed by atoms with E-state index in [4.69, 9.17) is 4.74 Å². The Morgan fingerprint density at radius 1 is 1.31 bits per heavy atom. The number of hydrogen-bond donors (Lipinski definition) is 1. The molecule has 1 aliphatic heterocycles. The fraction of sp³-hybridized carbons (Fsp3) is 0.562. The summed E-state index contributed by atoms with van der Waals surface area (Å²) in [6, 6.07) is 4.07. The molecular formula is C16H20F3NO5S. The van der Waals surface area contributed by atoms with Gasteiger partial charge >= 0.3 is 12.1 Å². The smallest absolute Gasteiger partial charge is 0.416 e. The number of alkyl halides is 3. The Hall–Kier alpha value is -1.81. The van der Waals surface area contributed by atoms with Gasteiger partial charge in [0.25, 0.3) is 0 Å². The molecule has 1 fully saturated rings. The van der Waals surface area contributed by atoms with Crippen molar-refractivity contribution in [2.24, 2.45) is 5.92 Å². The topological polar surface area (TPSA) is 81.7 Å². The van der Waals surface area contributed by atoms with E-state index in [1.807, 2.05) is 0 Å². The van der Waals surface area contributed by atoms with Crippen LogP contribution in [0.5, 0.6) is 5.75 Å². The minimum Gasteiger partial charge on any atom is -0.489 e. The summed E-state index contributed by atoms with van der Waals surface area (Å²) < 4.78 is 72.3. The van der Waals surface area contributed by atoms with Crippen LogP contribution in [0.1, 0.15) is 12.0 Å². The van der Waals surface area contributed by atoms with Crippen LogP contribution in [0.2, 0.25) is 0 Å². The lowest BCUT2D eigenvalue weighted by molar-refractivity contribution is -0.138. The highest BCUT2D eigenvalue weighted by atomic mass is 32.2. The van der Waals surface area contributed by atoms with Crippen LogP contribution in [0.15, 0.2) is 24.3 Å². The summed E-state index contributed by atoms with van der Waals surface area (Å²) in [4.78, 5) is 11.3. The summed E-state index contributed by atoms with van der Waals surface area (Å²) in [5.41, 5.74) is -0.817.